The number of amides is 1. The van der Waals surface area contributed by atoms with Gasteiger partial charge in [-0.05, 0) is 67.1 Å². The number of aromatic hydroxyl groups is 1. The van der Waals surface area contributed by atoms with E-state index in [2.05, 4.69) is 15.3 Å². The number of halogens is 2. The van der Waals surface area contributed by atoms with E-state index in [-0.39, 0.29) is 34.2 Å². The summed E-state index contributed by atoms with van der Waals surface area (Å²) in [6.45, 7) is 0. The van der Waals surface area contributed by atoms with Crippen LogP contribution in [0.4, 0.5) is 8.78 Å². The Balaban J connectivity index is 1.21. The van der Waals surface area contributed by atoms with Crippen molar-refractivity contribution in [3.8, 4) is 22.6 Å². The number of rotatable bonds is 5. The highest BCUT2D eigenvalue weighted by Crippen LogP contribution is 2.31. The van der Waals surface area contributed by atoms with Crippen LogP contribution in [0.25, 0.3) is 33.5 Å². The van der Waals surface area contributed by atoms with Crippen molar-refractivity contribution >= 4 is 22.6 Å². The first-order valence-corrected chi connectivity index (χ1v) is 14.4. The van der Waals surface area contributed by atoms with Crippen molar-refractivity contribution in [3.05, 3.63) is 123 Å². The molecule has 0 bridgehead atoms. The summed E-state index contributed by atoms with van der Waals surface area (Å²) in [6, 6.07) is 17.2. The van der Waals surface area contributed by atoms with Crippen molar-refractivity contribution in [1.82, 2.24) is 28.8 Å². The highest BCUT2D eigenvalue weighted by atomic mass is 19.1. The first-order chi connectivity index (χ1) is 21.8. The number of imidazole rings is 1. The van der Waals surface area contributed by atoms with Crippen LogP contribution < -0.4 is 16.6 Å². The van der Waals surface area contributed by atoms with Crippen LogP contribution in [0, 0.1) is 11.6 Å². The lowest BCUT2D eigenvalue weighted by Gasteiger charge is -2.30. The minimum Gasteiger partial charge on any atom is -0.506 e. The number of phenolic OH excluding ortho intramolecular Hbond substituents is 1. The van der Waals surface area contributed by atoms with Gasteiger partial charge in [0.25, 0.3) is 11.5 Å². The summed E-state index contributed by atoms with van der Waals surface area (Å²) in [7, 11) is 0. The molecule has 1 aliphatic rings. The molecule has 0 atom stereocenters. The van der Waals surface area contributed by atoms with E-state index in [9.17, 15) is 28.3 Å². The second-order valence-corrected chi connectivity index (χ2v) is 11.1. The Morgan fingerprint density at radius 3 is 2.44 bits per heavy atom. The molecule has 0 radical (unpaired) electrons. The van der Waals surface area contributed by atoms with Crippen LogP contribution in [0.15, 0.2) is 94.9 Å². The number of nitrogens with one attached hydrogen (secondary N) is 1. The molecule has 1 fully saturated rings. The minimum absolute atomic E-state index is 0.0727. The molecule has 7 rings (SSSR count). The van der Waals surface area contributed by atoms with Gasteiger partial charge in [-0.3, -0.25) is 14.2 Å². The van der Waals surface area contributed by atoms with Crippen LogP contribution in [-0.2, 0) is 0 Å². The Kier molecular flexibility index (Phi) is 6.96. The summed E-state index contributed by atoms with van der Waals surface area (Å²) in [5, 5.41) is 13.7. The molecule has 1 aliphatic carbocycles. The molecule has 10 nitrogen and oxygen atoms in total. The molecule has 1 saturated carbocycles. The number of phenols is 1. The second kappa shape index (κ2) is 11.1. The van der Waals surface area contributed by atoms with Crippen molar-refractivity contribution in [2.75, 3.05) is 0 Å². The zero-order chi connectivity index (χ0) is 31.2. The van der Waals surface area contributed by atoms with Crippen LogP contribution in [0.2, 0.25) is 0 Å². The maximum atomic E-state index is 14.4. The SMILES string of the molecule is O=C(NC1CCC(n2c(=O)c3cc(F)cnc3n(-c3cc(-c4ccccc4)ccc3O)c2=O)CC1)c1cn2cc(F)ccc2n1. The standard InChI is InChI=1S/C33H26F2N6O4/c34-21-7-13-29-38-26(18-39(29)17-21)31(43)37-23-8-10-24(11-9-23)40-32(44)25-15-22(35)16-36-30(25)41(33(40)45)27-14-20(6-12-28(27)42)19-4-2-1-3-5-19/h1-7,12-18,23-24,42H,8-11H2,(H,37,43). The monoisotopic (exact) mass is 608 g/mol. The third kappa shape index (κ3) is 5.13. The summed E-state index contributed by atoms with van der Waals surface area (Å²) in [5.41, 5.74) is 0.781. The van der Waals surface area contributed by atoms with Gasteiger partial charge in [-0.1, -0.05) is 36.4 Å². The lowest BCUT2D eigenvalue weighted by molar-refractivity contribution is 0.0917. The molecule has 4 aromatic heterocycles. The first-order valence-electron chi connectivity index (χ1n) is 14.4. The van der Waals surface area contributed by atoms with E-state index in [0.29, 0.717) is 31.3 Å². The van der Waals surface area contributed by atoms with Crippen molar-refractivity contribution in [2.24, 2.45) is 0 Å². The van der Waals surface area contributed by atoms with E-state index in [1.807, 2.05) is 30.3 Å². The molecular formula is C33H26F2N6O4. The Hall–Kier alpha value is -5.65. The molecule has 0 saturated heterocycles. The fourth-order valence-corrected chi connectivity index (χ4v) is 6.05. The highest BCUT2D eigenvalue weighted by Gasteiger charge is 2.29. The zero-order valence-corrected chi connectivity index (χ0v) is 23.7. The van der Waals surface area contributed by atoms with E-state index in [0.717, 1.165) is 32.5 Å². The molecule has 0 aliphatic heterocycles. The van der Waals surface area contributed by atoms with Crippen LogP contribution in [0.1, 0.15) is 42.2 Å². The summed E-state index contributed by atoms with van der Waals surface area (Å²) < 4.78 is 31.6. The minimum atomic E-state index is -0.736. The van der Waals surface area contributed by atoms with E-state index < -0.39 is 34.8 Å². The Morgan fingerprint density at radius 1 is 0.889 bits per heavy atom. The lowest BCUT2D eigenvalue weighted by Crippen LogP contribution is -2.45. The van der Waals surface area contributed by atoms with Gasteiger partial charge in [0.15, 0.2) is 5.65 Å². The van der Waals surface area contributed by atoms with Crippen LogP contribution >= 0.6 is 0 Å². The number of benzene rings is 2. The van der Waals surface area contributed by atoms with E-state index >= 15 is 0 Å². The van der Waals surface area contributed by atoms with E-state index in [1.165, 1.54) is 35.0 Å². The number of pyridine rings is 2. The van der Waals surface area contributed by atoms with Crippen molar-refractivity contribution < 1.29 is 18.7 Å². The smallest absolute Gasteiger partial charge is 0.337 e. The number of carbonyl (C=O) groups excluding carboxylic acids is 1. The average Bonchev–Trinajstić information content (AvgIpc) is 3.47. The molecule has 4 heterocycles. The van der Waals surface area contributed by atoms with Gasteiger partial charge in [0.05, 0.1) is 17.3 Å². The van der Waals surface area contributed by atoms with Gasteiger partial charge in [0, 0.05) is 24.5 Å². The Labute approximate surface area is 253 Å². The predicted octanol–water partition coefficient (Wildman–Crippen LogP) is 4.76. The van der Waals surface area contributed by atoms with Crippen molar-refractivity contribution in [2.45, 2.75) is 37.8 Å². The fourth-order valence-electron chi connectivity index (χ4n) is 6.05. The van der Waals surface area contributed by atoms with Gasteiger partial charge < -0.3 is 14.8 Å². The number of hydrogen-bond donors (Lipinski definition) is 2. The molecule has 0 unspecified atom stereocenters. The van der Waals surface area contributed by atoms with Gasteiger partial charge in [0.1, 0.15) is 28.7 Å². The third-order valence-electron chi connectivity index (χ3n) is 8.26. The molecular weight excluding hydrogens is 582 g/mol. The molecule has 2 N–H and O–H groups in total. The zero-order valence-electron chi connectivity index (χ0n) is 23.7. The van der Waals surface area contributed by atoms with Crippen LogP contribution in [0.5, 0.6) is 5.75 Å². The molecule has 6 aromatic rings. The largest absolute Gasteiger partial charge is 0.506 e. The number of aromatic nitrogens is 5. The number of carbonyl (C=O) groups is 1. The second-order valence-electron chi connectivity index (χ2n) is 11.1. The summed E-state index contributed by atoms with van der Waals surface area (Å²) in [5.74, 6) is -1.82. The topological polar surface area (TPSA) is 124 Å². The first kappa shape index (κ1) is 28.1. The van der Waals surface area contributed by atoms with Crippen molar-refractivity contribution in [3.63, 3.8) is 0 Å². The number of nitrogens with zero attached hydrogens (tertiary/aromatic N) is 5. The third-order valence-corrected chi connectivity index (χ3v) is 8.26. The van der Waals surface area contributed by atoms with Gasteiger partial charge in [-0.25, -0.2) is 28.1 Å². The Bertz CT molecular complexity index is 2220. The maximum Gasteiger partial charge on any atom is 0.337 e. The molecule has 1 amide bonds. The molecule has 226 valence electrons. The normalized spacial score (nSPS) is 16.7. The number of fused-ring (bicyclic) bond motifs is 2. The average molecular weight is 609 g/mol. The summed E-state index contributed by atoms with van der Waals surface area (Å²) in [6.07, 6.45) is 5.27. The van der Waals surface area contributed by atoms with Crippen LogP contribution in [-0.4, -0.2) is 40.6 Å². The molecule has 2 aromatic carbocycles. The van der Waals surface area contributed by atoms with E-state index in [1.54, 1.807) is 12.1 Å². The highest BCUT2D eigenvalue weighted by molar-refractivity contribution is 5.93. The van der Waals surface area contributed by atoms with Gasteiger partial charge in [-0.2, -0.15) is 0 Å². The Morgan fingerprint density at radius 2 is 1.67 bits per heavy atom. The predicted molar refractivity (Wildman–Crippen MR) is 163 cm³/mol. The van der Waals surface area contributed by atoms with Gasteiger partial charge >= 0.3 is 5.69 Å². The van der Waals surface area contributed by atoms with Gasteiger partial charge in [0.2, 0.25) is 0 Å². The fraction of sp³-hybridized carbons (Fsp3) is 0.182. The van der Waals surface area contributed by atoms with E-state index in [4.69, 9.17) is 0 Å². The van der Waals surface area contributed by atoms with Crippen LogP contribution in [0.3, 0.4) is 0 Å². The lowest BCUT2D eigenvalue weighted by atomic mass is 9.90. The molecule has 12 heteroatoms. The quantitative estimate of drug-likeness (QED) is 0.291. The molecule has 45 heavy (non-hydrogen) atoms. The summed E-state index contributed by atoms with van der Waals surface area (Å²) in [4.78, 5) is 49.1. The van der Waals surface area contributed by atoms with Gasteiger partial charge in [-0.15, -0.1) is 0 Å². The van der Waals surface area contributed by atoms with Crippen molar-refractivity contribution in [1.29, 1.82) is 0 Å². The molecule has 0 spiro atoms. The number of hydrogen-bond acceptors (Lipinski definition) is 6. The maximum absolute atomic E-state index is 14.4. The summed E-state index contributed by atoms with van der Waals surface area (Å²) >= 11 is 0.